The molecule has 1 aromatic heterocycles. The van der Waals surface area contributed by atoms with Crippen LogP contribution in [-0.4, -0.2) is 22.3 Å². The first-order valence-electron chi connectivity index (χ1n) is 7.23. The molecule has 4 heteroatoms. The molecule has 0 aliphatic heterocycles. The van der Waals surface area contributed by atoms with Crippen LogP contribution in [0.2, 0.25) is 0 Å². The topological polar surface area (TPSA) is 51.1 Å². The van der Waals surface area contributed by atoms with Gasteiger partial charge in [0, 0.05) is 30.4 Å². The van der Waals surface area contributed by atoms with Gasteiger partial charge in [0.2, 0.25) is 5.91 Å². The van der Waals surface area contributed by atoms with Gasteiger partial charge in [0.15, 0.2) is 5.78 Å². The molecule has 0 spiro atoms. The van der Waals surface area contributed by atoms with Gasteiger partial charge in [-0.1, -0.05) is 12.8 Å². The van der Waals surface area contributed by atoms with Crippen LogP contribution in [0.25, 0.3) is 0 Å². The average Bonchev–Trinajstić information content (AvgIpc) is 2.98. The molecule has 1 aromatic rings. The molecule has 0 saturated heterocycles. The minimum absolute atomic E-state index is 0.0618. The van der Waals surface area contributed by atoms with E-state index in [1.165, 1.54) is 12.8 Å². The van der Waals surface area contributed by atoms with Crippen molar-refractivity contribution in [2.24, 2.45) is 0 Å². The Morgan fingerprint density at radius 3 is 2.74 bits per heavy atom. The van der Waals surface area contributed by atoms with E-state index in [9.17, 15) is 9.59 Å². The lowest BCUT2D eigenvalue weighted by atomic mass is 9.95. The van der Waals surface area contributed by atoms with Crippen molar-refractivity contribution in [3.8, 4) is 0 Å². The number of Topliss-reactive ketones (excluding diaryl/α,β-unsaturated/α-hetero) is 1. The number of aryl methyl sites for hydroxylation is 1. The third-order valence-electron chi connectivity index (χ3n) is 4.16. The van der Waals surface area contributed by atoms with Crippen LogP contribution in [0, 0.1) is 0 Å². The number of carbonyl (C=O) groups excluding carboxylic acids is 2. The summed E-state index contributed by atoms with van der Waals surface area (Å²) in [7, 11) is 0. The predicted molar refractivity (Wildman–Crippen MR) is 72.1 cm³/mol. The van der Waals surface area contributed by atoms with Gasteiger partial charge in [-0.05, 0) is 31.2 Å². The third-order valence-corrected chi connectivity index (χ3v) is 4.16. The summed E-state index contributed by atoms with van der Waals surface area (Å²) in [6.07, 6.45) is 11.0. The van der Waals surface area contributed by atoms with Crippen LogP contribution in [0.3, 0.4) is 0 Å². The SMILES string of the molecule is O=C(Cn1cc2c(c1)C(=O)CCC2)NC1CCCC1. The molecule has 0 unspecified atom stereocenters. The minimum atomic E-state index is 0.0618. The third kappa shape index (κ3) is 2.72. The second-order valence-corrected chi connectivity index (χ2v) is 5.70. The van der Waals surface area contributed by atoms with Gasteiger partial charge in [0.05, 0.1) is 0 Å². The van der Waals surface area contributed by atoms with Crippen LogP contribution in [0.15, 0.2) is 12.4 Å². The Labute approximate surface area is 113 Å². The quantitative estimate of drug-likeness (QED) is 0.904. The molecule has 2 aliphatic carbocycles. The van der Waals surface area contributed by atoms with Crippen molar-refractivity contribution in [2.75, 3.05) is 0 Å². The van der Waals surface area contributed by atoms with Crippen molar-refractivity contribution < 1.29 is 9.59 Å². The van der Waals surface area contributed by atoms with Crippen molar-refractivity contribution in [1.82, 2.24) is 9.88 Å². The van der Waals surface area contributed by atoms with Gasteiger partial charge in [-0.15, -0.1) is 0 Å². The van der Waals surface area contributed by atoms with E-state index in [0.717, 1.165) is 36.8 Å². The molecule has 1 saturated carbocycles. The molecule has 19 heavy (non-hydrogen) atoms. The molecule has 0 aromatic carbocycles. The molecule has 1 fully saturated rings. The van der Waals surface area contributed by atoms with E-state index in [2.05, 4.69) is 5.32 Å². The molecule has 4 nitrogen and oxygen atoms in total. The van der Waals surface area contributed by atoms with E-state index in [1.807, 2.05) is 17.0 Å². The molecule has 2 aliphatic rings. The lowest BCUT2D eigenvalue weighted by Gasteiger charge is -2.12. The second-order valence-electron chi connectivity index (χ2n) is 5.70. The smallest absolute Gasteiger partial charge is 0.240 e. The summed E-state index contributed by atoms with van der Waals surface area (Å²) in [6.45, 7) is 0.330. The molecule has 0 radical (unpaired) electrons. The highest BCUT2D eigenvalue weighted by Gasteiger charge is 2.21. The number of fused-ring (bicyclic) bond motifs is 1. The Balaban J connectivity index is 1.63. The van der Waals surface area contributed by atoms with Gasteiger partial charge in [0.1, 0.15) is 6.54 Å². The molecule has 1 heterocycles. The summed E-state index contributed by atoms with van der Waals surface area (Å²) < 4.78 is 1.86. The van der Waals surface area contributed by atoms with Crippen molar-refractivity contribution in [3.05, 3.63) is 23.5 Å². The van der Waals surface area contributed by atoms with Crippen molar-refractivity contribution in [2.45, 2.75) is 57.5 Å². The highest BCUT2D eigenvalue weighted by atomic mass is 16.2. The molecular weight excluding hydrogens is 240 g/mol. The van der Waals surface area contributed by atoms with Crippen LogP contribution in [-0.2, 0) is 17.8 Å². The van der Waals surface area contributed by atoms with Gasteiger partial charge < -0.3 is 9.88 Å². The maximum absolute atomic E-state index is 11.9. The highest BCUT2D eigenvalue weighted by Crippen LogP contribution is 2.22. The molecule has 1 amide bonds. The summed E-state index contributed by atoms with van der Waals surface area (Å²) in [6, 6.07) is 0.360. The maximum atomic E-state index is 11.9. The normalized spacial score (nSPS) is 19.5. The van der Waals surface area contributed by atoms with Gasteiger partial charge in [0.25, 0.3) is 0 Å². The summed E-state index contributed by atoms with van der Waals surface area (Å²) in [4.78, 5) is 23.7. The number of hydrogen-bond acceptors (Lipinski definition) is 2. The highest BCUT2D eigenvalue weighted by molar-refractivity contribution is 5.98. The number of aromatic nitrogens is 1. The Morgan fingerprint density at radius 1 is 1.21 bits per heavy atom. The van der Waals surface area contributed by atoms with Crippen LogP contribution < -0.4 is 5.32 Å². The molecule has 0 atom stereocenters. The summed E-state index contributed by atoms with van der Waals surface area (Å²) in [5.74, 6) is 0.280. The fraction of sp³-hybridized carbons (Fsp3) is 0.600. The number of hydrogen-bond donors (Lipinski definition) is 1. The predicted octanol–water partition coefficient (Wildman–Crippen LogP) is 2.07. The number of nitrogens with one attached hydrogen (secondary N) is 1. The Kier molecular flexibility index (Phi) is 3.40. The molecular formula is C15H20N2O2. The molecule has 0 bridgehead atoms. The molecule has 3 rings (SSSR count). The van der Waals surface area contributed by atoms with Crippen molar-refractivity contribution >= 4 is 11.7 Å². The largest absolute Gasteiger partial charge is 0.352 e. The van der Waals surface area contributed by atoms with E-state index < -0.39 is 0 Å². The van der Waals surface area contributed by atoms with E-state index in [0.29, 0.717) is 19.0 Å². The fourth-order valence-corrected chi connectivity index (χ4v) is 3.18. The van der Waals surface area contributed by atoms with Gasteiger partial charge in [-0.2, -0.15) is 0 Å². The first-order valence-corrected chi connectivity index (χ1v) is 7.23. The van der Waals surface area contributed by atoms with E-state index in [4.69, 9.17) is 0 Å². The Bertz CT molecular complexity index is 498. The van der Waals surface area contributed by atoms with Crippen molar-refractivity contribution in [1.29, 1.82) is 0 Å². The zero-order valence-corrected chi connectivity index (χ0v) is 11.2. The second kappa shape index (κ2) is 5.19. The summed E-state index contributed by atoms with van der Waals surface area (Å²) in [5, 5.41) is 3.07. The zero-order chi connectivity index (χ0) is 13.2. The monoisotopic (exact) mass is 260 g/mol. The number of rotatable bonds is 3. The minimum Gasteiger partial charge on any atom is -0.352 e. The van der Waals surface area contributed by atoms with Crippen LogP contribution in [0.5, 0.6) is 0 Å². The first kappa shape index (κ1) is 12.5. The average molecular weight is 260 g/mol. The Hall–Kier alpha value is -1.58. The lowest BCUT2D eigenvalue weighted by molar-refractivity contribution is -0.122. The van der Waals surface area contributed by atoms with E-state index in [-0.39, 0.29) is 11.7 Å². The number of amides is 1. The van der Waals surface area contributed by atoms with Crippen LogP contribution in [0.4, 0.5) is 0 Å². The van der Waals surface area contributed by atoms with E-state index in [1.54, 1.807) is 0 Å². The first-order chi connectivity index (χ1) is 9.22. The maximum Gasteiger partial charge on any atom is 0.240 e. The number of nitrogens with zero attached hydrogens (tertiary/aromatic N) is 1. The van der Waals surface area contributed by atoms with Crippen molar-refractivity contribution in [3.63, 3.8) is 0 Å². The standard InChI is InChI=1S/C15H20N2O2/c18-14-7-3-4-11-8-17(9-13(11)14)10-15(19)16-12-5-1-2-6-12/h8-9,12H,1-7,10H2,(H,16,19). The zero-order valence-electron chi connectivity index (χ0n) is 11.2. The fourth-order valence-electron chi connectivity index (χ4n) is 3.18. The van der Waals surface area contributed by atoms with Gasteiger partial charge in [-0.25, -0.2) is 0 Å². The number of ketones is 1. The lowest BCUT2D eigenvalue weighted by Crippen LogP contribution is -2.34. The van der Waals surface area contributed by atoms with Gasteiger partial charge in [-0.3, -0.25) is 9.59 Å². The summed E-state index contributed by atoms with van der Waals surface area (Å²) >= 11 is 0. The summed E-state index contributed by atoms with van der Waals surface area (Å²) in [5.41, 5.74) is 1.92. The van der Waals surface area contributed by atoms with Gasteiger partial charge >= 0.3 is 0 Å². The molecule has 1 N–H and O–H groups in total. The van der Waals surface area contributed by atoms with Crippen LogP contribution in [0.1, 0.15) is 54.4 Å². The number of carbonyl (C=O) groups is 2. The van der Waals surface area contributed by atoms with Crippen LogP contribution >= 0.6 is 0 Å². The molecule has 102 valence electrons. The van der Waals surface area contributed by atoms with E-state index >= 15 is 0 Å². The Morgan fingerprint density at radius 2 is 2.00 bits per heavy atom.